The monoisotopic (exact) mass is 475 g/mol. The molecule has 1 aliphatic heterocycles. The highest BCUT2D eigenvalue weighted by Crippen LogP contribution is 2.34. The van der Waals surface area contributed by atoms with Gasteiger partial charge in [-0.25, -0.2) is 14.4 Å². The summed E-state index contributed by atoms with van der Waals surface area (Å²) in [4.78, 5) is 18.9. The van der Waals surface area contributed by atoms with Crippen LogP contribution in [0.2, 0.25) is 0 Å². The van der Waals surface area contributed by atoms with Gasteiger partial charge in [-0.1, -0.05) is 0 Å². The number of aryl methyl sites for hydroxylation is 1. The van der Waals surface area contributed by atoms with Gasteiger partial charge in [0.1, 0.15) is 5.69 Å². The van der Waals surface area contributed by atoms with Gasteiger partial charge < -0.3 is 10.1 Å². The molecule has 0 bridgehead atoms. The SMILES string of the molecule is O=C(N[C@H]1CCn2nc(-c3cc(C(F)(F)F)ncc3F)cc21)c1ccnc(OC(F)(F)F)c1. The molecule has 0 fully saturated rings. The van der Waals surface area contributed by atoms with Crippen molar-refractivity contribution >= 4 is 5.91 Å². The van der Waals surface area contributed by atoms with Crippen molar-refractivity contribution in [2.24, 2.45) is 0 Å². The van der Waals surface area contributed by atoms with E-state index in [4.69, 9.17) is 0 Å². The molecule has 0 saturated heterocycles. The van der Waals surface area contributed by atoms with Gasteiger partial charge in [-0.3, -0.25) is 9.48 Å². The van der Waals surface area contributed by atoms with Crippen LogP contribution in [-0.2, 0) is 12.7 Å². The van der Waals surface area contributed by atoms with Crippen LogP contribution >= 0.6 is 0 Å². The van der Waals surface area contributed by atoms with Gasteiger partial charge >= 0.3 is 12.5 Å². The Hall–Kier alpha value is -3.71. The molecule has 0 aromatic carbocycles. The van der Waals surface area contributed by atoms with E-state index < -0.39 is 47.4 Å². The van der Waals surface area contributed by atoms with Crippen molar-refractivity contribution in [1.29, 1.82) is 0 Å². The Labute approximate surface area is 180 Å². The van der Waals surface area contributed by atoms with Crippen LogP contribution in [0.4, 0.5) is 30.7 Å². The van der Waals surface area contributed by atoms with Crippen molar-refractivity contribution in [1.82, 2.24) is 25.1 Å². The first-order valence-corrected chi connectivity index (χ1v) is 9.24. The molecule has 0 unspecified atom stereocenters. The minimum Gasteiger partial charge on any atom is -0.388 e. The molecule has 174 valence electrons. The number of halogens is 7. The second-order valence-corrected chi connectivity index (χ2v) is 6.97. The molecule has 3 aromatic rings. The zero-order valence-corrected chi connectivity index (χ0v) is 16.2. The Morgan fingerprint density at radius 1 is 1.12 bits per heavy atom. The largest absolute Gasteiger partial charge is 0.574 e. The van der Waals surface area contributed by atoms with Gasteiger partial charge in [-0.15, -0.1) is 13.2 Å². The quantitative estimate of drug-likeness (QED) is 0.570. The molecule has 3 aromatic heterocycles. The van der Waals surface area contributed by atoms with E-state index in [1.165, 1.54) is 16.8 Å². The van der Waals surface area contributed by atoms with E-state index in [9.17, 15) is 35.5 Å². The van der Waals surface area contributed by atoms with Gasteiger partial charge in [0, 0.05) is 29.9 Å². The molecule has 1 N–H and O–H groups in total. The average molecular weight is 475 g/mol. The normalized spacial score (nSPS) is 15.9. The van der Waals surface area contributed by atoms with Crippen LogP contribution in [0.15, 0.2) is 36.7 Å². The maximum Gasteiger partial charge on any atom is 0.574 e. The summed E-state index contributed by atoms with van der Waals surface area (Å²) in [6.07, 6.45) is -7.98. The van der Waals surface area contributed by atoms with Crippen LogP contribution in [0.1, 0.15) is 34.2 Å². The smallest absolute Gasteiger partial charge is 0.388 e. The maximum atomic E-state index is 14.1. The van der Waals surface area contributed by atoms with E-state index in [0.717, 1.165) is 12.3 Å². The lowest BCUT2D eigenvalue weighted by molar-refractivity contribution is -0.276. The van der Waals surface area contributed by atoms with Gasteiger partial charge in [0.2, 0.25) is 5.88 Å². The van der Waals surface area contributed by atoms with Crippen molar-refractivity contribution in [3.8, 4) is 17.1 Å². The second-order valence-electron chi connectivity index (χ2n) is 6.97. The third kappa shape index (κ3) is 4.88. The number of carbonyl (C=O) groups is 1. The van der Waals surface area contributed by atoms with Crippen molar-refractivity contribution in [2.75, 3.05) is 0 Å². The van der Waals surface area contributed by atoms with Gasteiger partial charge in [0.05, 0.1) is 23.6 Å². The lowest BCUT2D eigenvalue weighted by Crippen LogP contribution is -2.27. The first kappa shape index (κ1) is 22.5. The summed E-state index contributed by atoms with van der Waals surface area (Å²) in [6.45, 7) is 0.276. The lowest BCUT2D eigenvalue weighted by atomic mass is 10.1. The molecule has 7 nitrogen and oxygen atoms in total. The van der Waals surface area contributed by atoms with Crippen LogP contribution in [0.5, 0.6) is 5.88 Å². The zero-order valence-electron chi connectivity index (χ0n) is 16.2. The fourth-order valence-electron chi connectivity index (χ4n) is 3.32. The van der Waals surface area contributed by atoms with E-state index in [-0.39, 0.29) is 17.8 Å². The Balaban J connectivity index is 1.55. The highest BCUT2D eigenvalue weighted by molar-refractivity contribution is 5.94. The molecule has 4 rings (SSSR count). The Kier molecular flexibility index (Phi) is 5.46. The van der Waals surface area contributed by atoms with E-state index in [2.05, 4.69) is 25.1 Å². The standard InChI is InChI=1S/C19H12F7N5O2/c20-11-8-28-15(18(21,22)23)6-10(11)13-7-14-12(2-4-31(14)30-13)29-17(32)9-1-3-27-16(5-9)33-19(24,25)26/h1,3,5-8,12H,2,4H2,(H,29,32)/t12-/m0/s1. The van der Waals surface area contributed by atoms with Crippen LogP contribution in [0.3, 0.4) is 0 Å². The highest BCUT2D eigenvalue weighted by Gasteiger charge is 2.35. The second kappa shape index (κ2) is 8.01. The van der Waals surface area contributed by atoms with E-state index >= 15 is 0 Å². The fraction of sp³-hybridized carbons (Fsp3) is 0.263. The van der Waals surface area contributed by atoms with Crippen molar-refractivity contribution in [3.63, 3.8) is 0 Å². The summed E-state index contributed by atoms with van der Waals surface area (Å²) < 4.78 is 95.1. The summed E-state index contributed by atoms with van der Waals surface area (Å²) in [6, 6.07) is 3.21. The molecular weight excluding hydrogens is 463 g/mol. The summed E-state index contributed by atoms with van der Waals surface area (Å²) in [5.41, 5.74) is -1.54. The Morgan fingerprint density at radius 3 is 2.58 bits per heavy atom. The van der Waals surface area contributed by atoms with E-state index in [0.29, 0.717) is 24.4 Å². The molecule has 0 radical (unpaired) electrons. The number of hydrogen-bond donors (Lipinski definition) is 1. The van der Waals surface area contributed by atoms with Crippen molar-refractivity contribution in [3.05, 3.63) is 59.4 Å². The van der Waals surface area contributed by atoms with Crippen LogP contribution in [0, 0.1) is 5.82 Å². The molecular formula is C19H12F7N5O2. The van der Waals surface area contributed by atoms with Crippen LogP contribution in [0.25, 0.3) is 11.3 Å². The van der Waals surface area contributed by atoms with Crippen LogP contribution in [-0.4, -0.2) is 32.0 Å². The van der Waals surface area contributed by atoms with Gasteiger partial charge in [0.25, 0.3) is 5.91 Å². The highest BCUT2D eigenvalue weighted by atomic mass is 19.4. The predicted octanol–water partition coefficient (Wildman–Crippen LogP) is 4.27. The number of aromatic nitrogens is 4. The topological polar surface area (TPSA) is 81.9 Å². The Morgan fingerprint density at radius 2 is 1.88 bits per heavy atom. The summed E-state index contributed by atoms with van der Waals surface area (Å²) >= 11 is 0. The number of fused-ring (bicyclic) bond motifs is 1. The minimum atomic E-state index is -4.98. The number of rotatable bonds is 4. The molecule has 1 aliphatic rings. The summed E-state index contributed by atoms with van der Waals surface area (Å²) in [5, 5.41) is 6.71. The first-order valence-electron chi connectivity index (χ1n) is 9.24. The maximum absolute atomic E-state index is 14.1. The molecule has 14 heteroatoms. The van der Waals surface area contributed by atoms with Crippen molar-refractivity contribution in [2.45, 2.75) is 31.5 Å². The number of carbonyl (C=O) groups excluding carboxylic acids is 1. The predicted molar refractivity (Wildman–Crippen MR) is 96.2 cm³/mol. The van der Waals surface area contributed by atoms with Gasteiger partial charge in [0.15, 0.2) is 5.82 Å². The average Bonchev–Trinajstić information content (AvgIpc) is 3.28. The van der Waals surface area contributed by atoms with Gasteiger partial charge in [-0.05, 0) is 24.6 Å². The number of ether oxygens (including phenoxy) is 1. The molecule has 1 atom stereocenters. The number of nitrogens with zero attached hydrogens (tertiary/aromatic N) is 4. The molecule has 0 aliphatic carbocycles. The minimum absolute atomic E-state index is 0.0841. The third-order valence-electron chi connectivity index (χ3n) is 4.74. The van der Waals surface area contributed by atoms with Crippen LogP contribution < -0.4 is 10.1 Å². The number of hydrogen-bond acceptors (Lipinski definition) is 5. The molecule has 0 saturated carbocycles. The first-order chi connectivity index (χ1) is 15.4. The number of alkyl halides is 6. The third-order valence-corrected chi connectivity index (χ3v) is 4.74. The number of pyridine rings is 2. The molecule has 4 heterocycles. The summed E-state index contributed by atoms with van der Waals surface area (Å²) in [7, 11) is 0. The number of amides is 1. The van der Waals surface area contributed by atoms with E-state index in [1.807, 2.05) is 0 Å². The van der Waals surface area contributed by atoms with Crippen molar-refractivity contribution < 1.29 is 40.3 Å². The number of nitrogens with one attached hydrogen (secondary N) is 1. The Bertz CT molecular complexity index is 1210. The fourth-order valence-corrected chi connectivity index (χ4v) is 3.32. The molecule has 1 amide bonds. The zero-order chi connectivity index (χ0) is 24.0. The molecule has 0 spiro atoms. The lowest BCUT2D eigenvalue weighted by Gasteiger charge is -2.13. The van der Waals surface area contributed by atoms with E-state index in [1.54, 1.807) is 0 Å². The van der Waals surface area contributed by atoms with Gasteiger partial charge in [-0.2, -0.15) is 18.3 Å². The molecule has 33 heavy (non-hydrogen) atoms. The summed E-state index contributed by atoms with van der Waals surface area (Å²) in [5.74, 6) is -2.56.